The van der Waals surface area contributed by atoms with Gasteiger partial charge in [-0.1, -0.05) is 0 Å². The summed E-state index contributed by atoms with van der Waals surface area (Å²) in [5, 5.41) is 0. The summed E-state index contributed by atoms with van der Waals surface area (Å²) >= 11 is 0. The molecule has 31 heavy (non-hydrogen) atoms. The molecule has 0 spiro atoms. The molecule has 1 aliphatic rings. The predicted molar refractivity (Wildman–Crippen MR) is 121 cm³/mol. The summed E-state index contributed by atoms with van der Waals surface area (Å²) in [6, 6.07) is 17.6. The molecule has 0 saturated heterocycles. The van der Waals surface area contributed by atoms with Gasteiger partial charge < -0.3 is 0 Å². The van der Waals surface area contributed by atoms with Crippen molar-refractivity contribution in [1.82, 2.24) is 9.97 Å². The molecule has 0 unspecified atom stereocenters. The number of hydrogen-bond donors (Lipinski definition) is 0. The van der Waals surface area contributed by atoms with Gasteiger partial charge in [-0.3, -0.25) is 9.97 Å². The van der Waals surface area contributed by atoms with Gasteiger partial charge in [0.15, 0.2) is 25.5 Å². The van der Waals surface area contributed by atoms with Gasteiger partial charge in [0.2, 0.25) is 0 Å². The van der Waals surface area contributed by atoms with Crippen LogP contribution in [0.4, 0.5) is 0 Å². The Morgan fingerprint density at radius 1 is 0.677 bits per heavy atom. The highest BCUT2D eigenvalue weighted by Crippen LogP contribution is 2.20. The second-order valence-corrected chi connectivity index (χ2v) is 8.52. The van der Waals surface area contributed by atoms with Crippen molar-refractivity contribution in [3.05, 3.63) is 95.6 Å². The van der Waals surface area contributed by atoms with E-state index in [4.69, 9.17) is 0 Å². The van der Waals surface area contributed by atoms with Crippen LogP contribution in [-0.2, 0) is 25.9 Å². The minimum Gasteiger partial charge on any atom is -0.255 e. The van der Waals surface area contributed by atoms with E-state index in [1.807, 2.05) is 18.5 Å². The van der Waals surface area contributed by atoms with Crippen LogP contribution in [-0.4, -0.2) is 9.97 Å². The molecule has 0 saturated carbocycles. The smallest absolute Gasteiger partial charge is 0.255 e. The van der Waals surface area contributed by atoms with Gasteiger partial charge in [-0.05, 0) is 73.2 Å². The third kappa shape index (κ3) is 4.24. The Kier molecular flexibility index (Phi) is 5.29. The minimum atomic E-state index is 0.937. The zero-order valence-electron chi connectivity index (χ0n) is 18.3. The Labute approximate surface area is 183 Å². The van der Waals surface area contributed by atoms with Gasteiger partial charge in [0, 0.05) is 36.7 Å². The molecule has 4 aromatic rings. The van der Waals surface area contributed by atoms with Crippen LogP contribution in [0, 0.1) is 13.8 Å². The molecule has 4 heteroatoms. The van der Waals surface area contributed by atoms with Gasteiger partial charge >= 0.3 is 0 Å². The van der Waals surface area contributed by atoms with Gasteiger partial charge in [-0.25, -0.2) is 0 Å². The Balaban J connectivity index is 1.40. The number of aryl methyl sites for hydroxylation is 6. The van der Waals surface area contributed by atoms with E-state index in [0.29, 0.717) is 0 Å². The van der Waals surface area contributed by atoms with E-state index in [1.54, 1.807) is 0 Å². The first-order chi connectivity index (χ1) is 15.2. The number of nitrogens with zero attached hydrogens (tertiary/aromatic N) is 4. The van der Waals surface area contributed by atoms with Crippen molar-refractivity contribution >= 4 is 0 Å². The average Bonchev–Trinajstić information content (AvgIpc) is 2.97. The van der Waals surface area contributed by atoms with Crippen molar-refractivity contribution in [2.24, 2.45) is 0 Å². The second-order valence-electron chi connectivity index (χ2n) is 8.52. The summed E-state index contributed by atoms with van der Waals surface area (Å²) in [7, 11) is 0. The van der Waals surface area contributed by atoms with Crippen LogP contribution in [0.1, 0.15) is 28.7 Å². The monoisotopic (exact) mass is 408 g/mol. The van der Waals surface area contributed by atoms with E-state index in [1.165, 1.54) is 33.6 Å². The maximum Gasteiger partial charge on any atom is 0.277 e. The molecule has 154 valence electrons. The van der Waals surface area contributed by atoms with Crippen molar-refractivity contribution < 1.29 is 9.13 Å². The standard InChI is InChI=1S/C27H28N4/c1-20-6-10-28-24(16-20)25-18-22(7-11-29-25)4-5-23-9-15-31-13-3-12-30-14-8-21(2)17-26(30)27(31)19-23/h6-11,14-19H,3-5,12-13H2,1-2H3/q+2. The number of aromatic nitrogens is 4. The normalized spacial score (nSPS) is 12.7. The molecule has 5 heterocycles. The van der Waals surface area contributed by atoms with E-state index in [-0.39, 0.29) is 0 Å². The van der Waals surface area contributed by atoms with Crippen LogP contribution in [0.25, 0.3) is 22.8 Å². The summed E-state index contributed by atoms with van der Waals surface area (Å²) in [4.78, 5) is 9.03. The largest absolute Gasteiger partial charge is 0.277 e. The first kappa shape index (κ1) is 19.6. The Morgan fingerprint density at radius 3 is 2.06 bits per heavy atom. The van der Waals surface area contributed by atoms with E-state index < -0.39 is 0 Å². The van der Waals surface area contributed by atoms with Crippen molar-refractivity contribution in [3.63, 3.8) is 0 Å². The second kappa shape index (κ2) is 8.38. The van der Waals surface area contributed by atoms with Crippen LogP contribution >= 0.6 is 0 Å². The Bertz CT molecular complexity index is 1250. The van der Waals surface area contributed by atoms with E-state index in [0.717, 1.165) is 43.7 Å². The molecule has 4 aromatic heterocycles. The lowest BCUT2D eigenvalue weighted by Gasteiger charge is -2.06. The quantitative estimate of drug-likeness (QED) is 0.475. The molecule has 1 aliphatic heterocycles. The minimum absolute atomic E-state index is 0.937. The lowest BCUT2D eigenvalue weighted by molar-refractivity contribution is -0.688. The molecule has 0 amide bonds. The van der Waals surface area contributed by atoms with Gasteiger partial charge in [-0.2, -0.15) is 9.13 Å². The molecule has 0 fully saturated rings. The predicted octanol–water partition coefficient (Wildman–Crippen LogP) is 4.19. The fraction of sp³-hybridized carbons (Fsp3) is 0.259. The molecule has 5 rings (SSSR count). The lowest BCUT2D eigenvalue weighted by Crippen LogP contribution is -2.37. The van der Waals surface area contributed by atoms with Crippen LogP contribution in [0.3, 0.4) is 0 Å². The number of pyridine rings is 4. The lowest BCUT2D eigenvalue weighted by atomic mass is 10.0. The third-order valence-corrected chi connectivity index (χ3v) is 6.06. The summed E-state index contributed by atoms with van der Waals surface area (Å²) in [6.07, 6.45) is 11.4. The number of hydrogen-bond acceptors (Lipinski definition) is 2. The maximum absolute atomic E-state index is 4.54. The zero-order chi connectivity index (χ0) is 21.2. The summed E-state index contributed by atoms with van der Waals surface area (Å²) in [5.41, 5.74) is 9.68. The number of rotatable bonds is 4. The van der Waals surface area contributed by atoms with Crippen LogP contribution < -0.4 is 9.13 Å². The average molecular weight is 409 g/mol. The fourth-order valence-corrected chi connectivity index (χ4v) is 4.34. The SMILES string of the molecule is Cc1ccnc(-c2cc(CCc3cc[n+]4c(c3)-c3cc(C)cc[n+]3CCC4)ccn2)c1. The van der Waals surface area contributed by atoms with E-state index in [9.17, 15) is 0 Å². The molecule has 0 atom stereocenters. The van der Waals surface area contributed by atoms with Crippen molar-refractivity contribution in [1.29, 1.82) is 0 Å². The molecule has 0 aliphatic carbocycles. The summed E-state index contributed by atoms with van der Waals surface area (Å²) in [6.45, 7) is 6.39. The Morgan fingerprint density at radius 2 is 1.29 bits per heavy atom. The van der Waals surface area contributed by atoms with Crippen LogP contribution in [0.15, 0.2) is 73.3 Å². The maximum atomic E-state index is 4.54. The molecule has 0 N–H and O–H groups in total. The fourth-order valence-electron chi connectivity index (χ4n) is 4.34. The number of fused-ring (bicyclic) bond motifs is 3. The topological polar surface area (TPSA) is 33.5 Å². The van der Waals surface area contributed by atoms with Crippen molar-refractivity contribution in [2.75, 3.05) is 0 Å². The molecule has 0 radical (unpaired) electrons. The van der Waals surface area contributed by atoms with Gasteiger partial charge in [0.05, 0.1) is 17.8 Å². The van der Waals surface area contributed by atoms with Gasteiger partial charge in [0.25, 0.3) is 11.4 Å². The van der Waals surface area contributed by atoms with Gasteiger partial charge in [0.1, 0.15) is 0 Å². The van der Waals surface area contributed by atoms with Crippen LogP contribution in [0.2, 0.25) is 0 Å². The first-order valence-electron chi connectivity index (χ1n) is 11.1. The van der Waals surface area contributed by atoms with Crippen molar-refractivity contribution in [2.45, 2.75) is 46.2 Å². The van der Waals surface area contributed by atoms with Crippen LogP contribution in [0.5, 0.6) is 0 Å². The highest BCUT2D eigenvalue weighted by Gasteiger charge is 2.27. The summed E-state index contributed by atoms with van der Waals surface area (Å²) in [5.74, 6) is 0. The highest BCUT2D eigenvalue weighted by atomic mass is 15.1. The zero-order valence-corrected chi connectivity index (χ0v) is 18.3. The molecular formula is C27H28N4+2. The Hall–Kier alpha value is -3.40. The third-order valence-electron chi connectivity index (χ3n) is 6.06. The molecular weight excluding hydrogens is 380 g/mol. The summed E-state index contributed by atoms with van der Waals surface area (Å²) < 4.78 is 4.79. The highest BCUT2D eigenvalue weighted by molar-refractivity contribution is 5.55. The molecule has 0 bridgehead atoms. The van der Waals surface area contributed by atoms with Crippen molar-refractivity contribution in [3.8, 4) is 22.8 Å². The molecule has 0 aromatic carbocycles. The first-order valence-corrected chi connectivity index (χ1v) is 11.1. The molecule has 4 nitrogen and oxygen atoms in total. The van der Waals surface area contributed by atoms with Gasteiger partial charge in [-0.15, -0.1) is 0 Å². The van der Waals surface area contributed by atoms with E-state index >= 15 is 0 Å². The van der Waals surface area contributed by atoms with E-state index in [2.05, 4.69) is 87.8 Å².